The second-order valence-corrected chi connectivity index (χ2v) is 13.2. The van der Waals surface area contributed by atoms with Crippen molar-refractivity contribution in [2.75, 3.05) is 0 Å². The van der Waals surface area contributed by atoms with Crippen LogP contribution in [0.15, 0.2) is 133 Å². The summed E-state index contributed by atoms with van der Waals surface area (Å²) in [6.45, 7) is 0. The van der Waals surface area contributed by atoms with E-state index >= 15 is 0 Å². The van der Waals surface area contributed by atoms with Crippen LogP contribution in [0.1, 0.15) is 56.3 Å². The fraction of sp³-hybridized carbons (Fsp3) is 0.175. The average molecular weight is 677 g/mol. The largest absolute Gasteiger partial charge is 0.478 e. The maximum Gasteiger partial charge on any atom is 0.335 e. The van der Waals surface area contributed by atoms with E-state index in [0.29, 0.717) is 17.9 Å². The molecule has 1 heterocycles. The number of aromatic carboxylic acids is 1. The highest BCUT2D eigenvalue weighted by atomic mass is 35.5. The number of halogens is 1. The van der Waals surface area contributed by atoms with E-state index in [4.69, 9.17) is 11.6 Å². The lowest BCUT2D eigenvalue weighted by Crippen LogP contribution is -2.35. The van der Waals surface area contributed by atoms with Crippen LogP contribution in [0.2, 0.25) is 5.02 Å². The van der Waals surface area contributed by atoms with Crippen molar-refractivity contribution in [1.82, 2.24) is 9.29 Å². The lowest BCUT2D eigenvalue weighted by atomic mass is 9.95. The van der Waals surface area contributed by atoms with Gasteiger partial charge in [-0.2, -0.15) is 0 Å². The van der Waals surface area contributed by atoms with Gasteiger partial charge in [0.05, 0.1) is 11.6 Å². The Labute approximate surface area is 288 Å². The Morgan fingerprint density at radius 1 is 0.750 bits per heavy atom. The number of hydrogen-bond donors (Lipinski definition) is 3. The van der Waals surface area contributed by atoms with Gasteiger partial charge in [0.25, 0.3) is 0 Å². The number of fused-ring (bicyclic) bond motifs is 1. The van der Waals surface area contributed by atoms with Gasteiger partial charge in [-0.3, -0.25) is 4.55 Å². The molecule has 0 amide bonds. The second-order valence-electron chi connectivity index (χ2n) is 12.0. The van der Waals surface area contributed by atoms with Gasteiger partial charge in [0.1, 0.15) is 0 Å². The van der Waals surface area contributed by atoms with Crippen molar-refractivity contribution in [3.8, 4) is 0 Å². The van der Waals surface area contributed by atoms with Crippen molar-refractivity contribution in [2.45, 2.75) is 44.2 Å². The van der Waals surface area contributed by atoms with E-state index in [9.17, 15) is 18.7 Å². The van der Waals surface area contributed by atoms with Gasteiger partial charge in [-0.05, 0) is 83.8 Å². The van der Waals surface area contributed by atoms with Crippen LogP contribution in [0.25, 0.3) is 10.9 Å². The van der Waals surface area contributed by atoms with Gasteiger partial charge < -0.3 is 9.67 Å². The molecule has 6 nitrogen and oxygen atoms in total. The Kier molecular flexibility index (Phi) is 10.8. The minimum atomic E-state index is -2.22. The molecule has 48 heavy (non-hydrogen) atoms. The van der Waals surface area contributed by atoms with Crippen LogP contribution in [0.4, 0.5) is 0 Å². The zero-order chi connectivity index (χ0) is 33.5. The third kappa shape index (κ3) is 7.94. The molecule has 244 valence electrons. The van der Waals surface area contributed by atoms with Crippen molar-refractivity contribution in [1.29, 1.82) is 0 Å². The van der Waals surface area contributed by atoms with E-state index in [1.54, 1.807) is 12.1 Å². The Bertz CT molecular complexity index is 1960. The topological polar surface area (TPSA) is 91.6 Å². The monoisotopic (exact) mass is 676 g/mol. The Morgan fingerprint density at radius 2 is 1.35 bits per heavy atom. The Balaban J connectivity index is 1.50. The SMILES string of the molecule is O=C(O)c1ccc(CCCc2c(CC(Cc3ccccc3)NS(=O)O)n(C(c3ccccc3)c3ccccc3)c3ccc(Cl)cc23)cc1. The Morgan fingerprint density at radius 3 is 1.94 bits per heavy atom. The number of benzene rings is 5. The number of nitrogens with zero attached hydrogens (tertiary/aromatic N) is 1. The van der Waals surface area contributed by atoms with E-state index in [1.807, 2.05) is 66.7 Å². The number of carboxylic acid groups (broad SMARTS) is 1. The van der Waals surface area contributed by atoms with Gasteiger partial charge >= 0.3 is 5.97 Å². The van der Waals surface area contributed by atoms with Gasteiger partial charge in [-0.25, -0.2) is 13.7 Å². The van der Waals surface area contributed by atoms with E-state index in [2.05, 4.69) is 63.9 Å². The first kappa shape index (κ1) is 33.4. The highest BCUT2D eigenvalue weighted by Crippen LogP contribution is 2.38. The van der Waals surface area contributed by atoms with Crippen LogP contribution in [0.5, 0.6) is 0 Å². The molecular formula is C40H37ClN2O4S. The van der Waals surface area contributed by atoms with Crippen molar-refractivity contribution in [3.63, 3.8) is 0 Å². The number of aromatic nitrogens is 1. The summed E-state index contributed by atoms with van der Waals surface area (Å²) in [6, 6.07) is 43.4. The first-order valence-electron chi connectivity index (χ1n) is 16.0. The molecule has 2 unspecified atom stereocenters. The van der Waals surface area contributed by atoms with E-state index < -0.39 is 17.2 Å². The molecule has 5 aromatic carbocycles. The van der Waals surface area contributed by atoms with Crippen LogP contribution in [0, 0.1) is 0 Å². The van der Waals surface area contributed by atoms with Crippen LogP contribution < -0.4 is 4.72 Å². The van der Waals surface area contributed by atoms with Crippen LogP contribution in [0.3, 0.4) is 0 Å². The van der Waals surface area contributed by atoms with Gasteiger partial charge in [-0.1, -0.05) is 115 Å². The molecule has 2 atom stereocenters. The molecule has 8 heteroatoms. The lowest BCUT2D eigenvalue weighted by molar-refractivity contribution is 0.0697. The standard InChI is InChI=1S/C40H37ClN2O4S/c41-33-23-24-37-36(26-33)35(18-10-13-28-19-21-32(22-20-28)40(44)45)38(27-34(42-48(46)47)25-29-11-4-1-5-12-29)43(37)39(30-14-6-2-7-15-30)31-16-8-3-9-17-31/h1-9,11-12,14-17,19-24,26,34,39,42H,10,13,18,25,27H2,(H,44,45)(H,46,47). The third-order valence-corrected chi connectivity index (χ3v) is 9.57. The van der Waals surface area contributed by atoms with Crippen LogP contribution in [-0.2, 0) is 36.9 Å². The maximum absolute atomic E-state index is 12.3. The quantitative estimate of drug-likeness (QED) is 0.101. The van der Waals surface area contributed by atoms with Gasteiger partial charge in [-0.15, -0.1) is 0 Å². The molecular weight excluding hydrogens is 640 g/mol. The number of aryl methyl sites for hydroxylation is 2. The van der Waals surface area contributed by atoms with Gasteiger partial charge in [0, 0.05) is 34.1 Å². The summed E-state index contributed by atoms with van der Waals surface area (Å²) >= 11 is 4.46. The molecule has 3 N–H and O–H groups in total. The van der Waals surface area contributed by atoms with E-state index in [-0.39, 0.29) is 17.6 Å². The molecule has 0 radical (unpaired) electrons. The van der Waals surface area contributed by atoms with Gasteiger partial charge in [0.15, 0.2) is 0 Å². The van der Waals surface area contributed by atoms with Crippen molar-refractivity contribution < 1.29 is 18.7 Å². The number of rotatable bonds is 14. The first-order chi connectivity index (χ1) is 23.4. The predicted octanol–water partition coefficient (Wildman–Crippen LogP) is 8.69. The minimum Gasteiger partial charge on any atom is -0.478 e. The van der Waals surface area contributed by atoms with Crippen LogP contribution in [-0.4, -0.2) is 30.4 Å². The number of carboxylic acids is 1. The first-order valence-corrected chi connectivity index (χ1v) is 17.5. The minimum absolute atomic E-state index is 0.166. The van der Waals surface area contributed by atoms with Crippen molar-refractivity contribution >= 4 is 39.7 Å². The third-order valence-electron chi connectivity index (χ3n) is 8.80. The summed E-state index contributed by atoms with van der Waals surface area (Å²) < 4.78 is 27.7. The fourth-order valence-electron chi connectivity index (χ4n) is 6.68. The molecule has 0 aliphatic heterocycles. The summed E-state index contributed by atoms with van der Waals surface area (Å²) in [4.78, 5) is 11.4. The van der Waals surface area contributed by atoms with E-state index in [0.717, 1.165) is 63.7 Å². The number of nitrogens with one attached hydrogen (secondary N) is 1. The smallest absolute Gasteiger partial charge is 0.335 e. The lowest BCUT2D eigenvalue weighted by Gasteiger charge is -2.27. The highest BCUT2D eigenvalue weighted by molar-refractivity contribution is 7.77. The maximum atomic E-state index is 12.3. The van der Waals surface area contributed by atoms with E-state index in [1.165, 1.54) is 0 Å². The summed E-state index contributed by atoms with van der Waals surface area (Å²) in [5.41, 5.74) is 7.91. The second kappa shape index (κ2) is 15.6. The summed E-state index contributed by atoms with van der Waals surface area (Å²) in [7, 11) is 0. The molecule has 6 aromatic rings. The zero-order valence-corrected chi connectivity index (χ0v) is 27.9. The predicted molar refractivity (Wildman–Crippen MR) is 194 cm³/mol. The van der Waals surface area contributed by atoms with Crippen molar-refractivity contribution in [3.05, 3.63) is 178 Å². The summed E-state index contributed by atoms with van der Waals surface area (Å²) in [6.07, 6.45) is 3.36. The molecule has 0 aliphatic carbocycles. The molecule has 0 saturated heterocycles. The fourth-order valence-corrected chi connectivity index (χ4v) is 7.30. The summed E-state index contributed by atoms with van der Waals surface area (Å²) in [5.74, 6) is -0.940. The molecule has 0 aliphatic rings. The van der Waals surface area contributed by atoms with Crippen molar-refractivity contribution in [2.24, 2.45) is 0 Å². The van der Waals surface area contributed by atoms with Crippen LogP contribution >= 0.6 is 11.6 Å². The molecule has 0 saturated carbocycles. The molecule has 0 spiro atoms. The zero-order valence-electron chi connectivity index (χ0n) is 26.3. The number of hydrogen-bond acceptors (Lipinski definition) is 2. The molecule has 0 bridgehead atoms. The average Bonchev–Trinajstić information content (AvgIpc) is 3.37. The normalized spacial score (nSPS) is 12.7. The molecule has 0 fully saturated rings. The summed E-state index contributed by atoms with van der Waals surface area (Å²) in [5, 5.41) is 11.0. The highest BCUT2D eigenvalue weighted by Gasteiger charge is 2.27. The number of carbonyl (C=O) groups is 1. The van der Waals surface area contributed by atoms with Gasteiger partial charge in [0.2, 0.25) is 11.3 Å². The molecule has 1 aromatic heterocycles. The Hall–Kier alpha value is -4.53. The molecule has 6 rings (SSSR count).